The fourth-order valence-corrected chi connectivity index (χ4v) is 3.29. The van der Waals surface area contributed by atoms with Crippen molar-refractivity contribution < 1.29 is 17.9 Å². The van der Waals surface area contributed by atoms with E-state index in [4.69, 9.17) is 9.47 Å². The molecule has 5 nitrogen and oxygen atoms in total. The number of rotatable bonds is 5. The highest BCUT2D eigenvalue weighted by Crippen LogP contribution is 2.30. The number of methoxy groups -OCH3 is 2. The Kier molecular flexibility index (Phi) is 4.61. The Balaban J connectivity index is 2.38. The average molecular weight is 321 g/mol. The molecule has 1 N–H and O–H groups in total. The van der Waals surface area contributed by atoms with Crippen LogP contribution in [0.1, 0.15) is 11.1 Å². The van der Waals surface area contributed by atoms with Gasteiger partial charge >= 0.3 is 0 Å². The van der Waals surface area contributed by atoms with Crippen molar-refractivity contribution in [1.82, 2.24) is 0 Å². The van der Waals surface area contributed by atoms with Gasteiger partial charge in [-0.1, -0.05) is 6.07 Å². The van der Waals surface area contributed by atoms with E-state index in [1.807, 2.05) is 19.9 Å². The molecule has 0 spiro atoms. The summed E-state index contributed by atoms with van der Waals surface area (Å²) < 4.78 is 37.8. The summed E-state index contributed by atoms with van der Waals surface area (Å²) in [6.07, 6.45) is 0. The molecule has 0 aliphatic carbocycles. The van der Waals surface area contributed by atoms with Crippen LogP contribution in [0.5, 0.6) is 11.5 Å². The number of hydrogen-bond acceptors (Lipinski definition) is 4. The Bertz CT molecular complexity index is 764. The number of nitrogens with one attached hydrogen (secondary N) is 1. The molecule has 0 bridgehead atoms. The number of ether oxygens (including phenoxy) is 2. The van der Waals surface area contributed by atoms with Crippen LogP contribution in [0, 0.1) is 13.8 Å². The van der Waals surface area contributed by atoms with Gasteiger partial charge in [0, 0.05) is 11.8 Å². The first kappa shape index (κ1) is 16.2. The quantitative estimate of drug-likeness (QED) is 0.919. The first-order valence-electron chi connectivity index (χ1n) is 6.69. The van der Waals surface area contributed by atoms with Crippen molar-refractivity contribution in [2.75, 3.05) is 18.9 Å². The first-order valence-corrected chi connectivity index (χ1v) is 8.17. The molecule has 0 radical (unpaired) electrons. The van der Waals surface area contributed by atoms with Crippen molar-refractivity contribution in [3.63, 3.8) is 0 Å². The monoisotopic (exact) mass is 321 g/mol. The van der Waals surface area contributed by atoms with Gasteiger partial charge in [-0.05, 0) is 49.2 Å². The molecular weight excluding hydrogens is 302 g/mol. The highest BCUT2D eigenvalue weighted by atomic mass is 32.2. The number of sulfonamides is 1. The standard InChI is InChI=1S/C16H19NO4S/c1-11-7-12(2)9-13(8-11)17-22(18,19)14-5-6-15(20-3)16(10-14)21-4/h5-10,17H,1-4H3. The molecule has 0 amide bonds. The van der Waals surface area contributed by atoms with Crippen LogP contribution in [0.4, 0.5) is 5.69 Å². The number of hydrogen-bond donors (Lipinski definition) is 1. The highest BCUT2D eigenvalue weighted by Gasteiger charge is 2.17. The third-order valence-corrected chi connectivity index (χ3v) is 4.52. The molecular formula is C16H19NO4S. The number of benzene rings is 2. The Morgan fingerprint density at radius 2 is 1.45 bits per heavy atom. The van der Waals surface area contributed by atoms with Gasteiger partial charge in [0.05, 0.1) is 19.1 Å². The molecule has 0 aromatic heterocycles. The van der Waals surface area contributed by atoms with Crippen LogP contribution in [0.15, 0.2) is 41.3 Å². The fraction of sp³-hybridized carbons (Fsp3) is 0.250. The minimum Gasteiger partial charge on any atom is -0.493 e. The normalized spacial score (nSPS) is 11.1. The minimum absolute atomic E-state index is 0.115. The van der Waals surface area contributed by atoms with Crippen LogP contribution in [0.3, 0.4) is 0 Å². The van der Waals surface area contributed by atoms with Gasteiger partial charge in [0.1, 0.15) is 0 Å². The zero-order chi connectivity index (χ0) is 16.3. The summed E-state index contributed by atoms with van der Waals surface area (Å²) in [5.74, 6) is 0.846. The SMILES string of the molecule is COc1ccc(S(=O)(=O)Nc2cc(C)cc(C)c2)cc1OC. The van der Waals surface area contributed by atoms with E-state index >= 15 is 0 Å². The Hall–Kier alpha value is -2.21. The van der Waals surface area contributed by atoms with Gasteiger partial charge in [-0.3, -0.25) is 4.72 Å². The second-order valence-electron chi connectivity index (χ2n) is 5.00. The summed E-state index contributed by atoms with van der Waals surface area (Å²) in [6.45, 7) is 3.84. The summed E-state index contributed by atoms with van der Waals surface area (Å²) in [5, 5.41) is 0. The largest absolute Gasteiger partial charge is 0.493 e. The second kappa shape index (κ2) is 6.27. The Morgan fingerprint density at radius 3 is 2.00 bits per heavy atom. The van der Waals surface area contributed by atoms with Gasteiger partial charge in [0.25, 0.3) is 10.0 Å². The highest BCUT2D eigenvalue weighted by molar-refractivity contribution is 7.92. The van der Waals surface area contributed by atoms with Crippen LogP contribution >= 0.6 is 0 Å². The third-order valence-electron chi connectivity index (χ3n) is 3.14. The maximum absolute atomic E-state index is 12.5. The first-order chi connectivity index (χ1) is 10.4. The average Bonchev–Trinajstić information content (AvgIpc) is 2.44. The van der Waals surface area contributed by atoms with E-state index in [1.54, 1.807) is 18.2 Å². The molecule has 0 fully saturated rings. The molecule has 118 valence electrons. The molecule has 0 aliphatic heterocycles. The van der Waals surface area contributed by atoms with E-state index < -0.39 is 10.0 Å². The molecule has 0 saturated carbocycles. The van der Waals surface area contributed by atoms with E-state index in [1.165, 1.54) is 26.4 Å². The minimum atomic E-state index is -3.69. The van der Waals surface area contributed by atoms with Crippen molar-refractivity contribution in [2.24, 2.45) is 0 Å². The van der Waals surface area contributed by atoms with E-state index in [0.29, 0.717) is 17.2 Å². The van der Waals surface area contributed by atoms with Crippen molar-refractivity contribution in [3.8, 4) is 11.5 Å². The lowest BCUT2D eigenvalue weighted by Crippen LogP contribution is -2.13. The molecule has 0 atom stereocenters. The molecule has 0 heterocycles. The lowest BCUT2D eigenvalue weighted by Gasteiger charge is -2.12. The van der Waals surface area contributed by atoms with Gasteiger partial charge < -0.3 is 9.47 Å². The van der Waals surface area contributed by atoms with Crippen molar-refractivity contribution in [3.05, 3.63) is 47.5 Å². The molecule has 2 aromatic carbocycles. The van der Waals surface area contributed by atoms with E-state index in [2.05, 4.69) is 4.72 Å². The molecule has 22 heavy (non-hydrogen) atoms. The molecule has 0 saturated heterocycles. The molecule has 0 aliphatic rings. The fourth-order valence-electron chi connectivity index (χ4n) is 2.23. The molecule has 2 rings (SSSR count). The van der Waals surface area contributed by atoms with Crippen molar-refractivity contribution in [1.29, 1.82) is 0 Å². The summed E-state index contributed by atoms with van der Waals surface area (Å²) in [5.41, 5.74) is 2.52. The van der Waals surface area contributed by atoms with Gasteiger partial charge in [-0.15, -0.1) is 0 Å². The Morgan fingerprint density at radius 1 is 0.864 bits per heavy atom. The summed E-state index contributed by atoms with van der Waals surface area (Å²) >= 11 is 0. The van der Waals surface area contributed by atoms with Crippen LogP contribution in [-0.4, -0.2) is 22.6 Å². The summed E-state index contributed by atoms with van der Waals surface area (Å²) in [4.78, 5) is 0.115. The lowest BCUT2D eigenvalue weighted by atomic mass is 10.1. The van der Waals surface area contributed by atoms with Gasteiger partial charge in [0.2, 0.25) is 0 Å². The van der Waals surface area contributed by atoms with Crippen LogP contribution in [0.25, 0.3) is 0 Å². The topological polar surface area (TPSA) is 64.6 Å². The zero-order valence-corrected chi connectivity index (χ0v) is 13.8. The van der Waals surface area contributed by atoms with Gasteiger partial charge in [0.15, 0.2) is 11.5 Å². The van der Waals surface area contributed by atoms with Crippen molar-refractivity contribution in [2.45, 2.75) is 18.7 Å². The van der Waals surface area contributed by atoms with Gasteiger partial charge in [-0.2, -0.15) is 0 Å². The van der Waals surface area contributed by atoms with Crippen LogP contribution in [0.2, 0.25) is 0 Å². The van der Waals surface area contributed by atoms with Gasteiger partial charge in [-0.25, -0.2) is 8.42 Å². The predicted molar refractivity (Wildman–Crippen MR) is 86.3 cm³/mol. The molecule has 0 unspecified atom stereocenters. The Labute approximate surface area is 130 Å². The van der Waals surface area contributed by atoms with E-state index in [-0.39, 0.29) is 4.90 Å². The van der Waals surface area contributed by atoms with E-state index in [0.717, 1.165) is 11.1 Å². The zero-order valence-electron chi connectivity index (χ0n) is 13.0. The maximum atomic E-state index is 12.5. The summed E-state index contributed by atoms with van der Waals surface area (Å²) in [6, 6.07) is 10.0. The predicted octanol–water partition coefficient (Wildman–Crippen LogP) is 3.12. The van der Waals surface area contributed by atoms with Crippen molar-refractivity contribution >= 4 is 15.7 Å². The molecule has 6 heteroatoms. The van der Waals surface area contributed by atoms with E-state index in [9.17, 15) is 8.42 Å². The second-order valence-corrected chi connectivity index (χ2v) is 6.68. The summed E-state index contributed by atoms with van der Waals surface area (Å²) in [7, 11) is -0.726. The maximum Gasteiger partial charge on any atom is 0.262 e. The number of aryl methyl sites for hydroxylation is 2. The van der Waals surface area contributed by atoms with Crippen LogP contribution in [-0.2, 0) is 10.0 Å². The van der Waals surface area contributed by atoms with Crippen LogP contribution < -0.4 is 14.2 Å². The molecule has 2 aromatic rings. The smallest absolute Gasteiger partial charge is 0.262 e. The lowest BCUT2D eigenvalue weighted by molar-refractivity contribution is 0.354. The third kappa shape index (κ3) is 3.51. The number of anilines is 1.